The SMILES string of the molecule is O=C(NC1CCN(c2ncccn2)CC1)c1cc(-c2ccccc2)nc2c1cnn2Cc1ccccc1. The molecule has 6 rings (SSSR count). The number of carbonyl (C=O) groups is 1. The topological polar surface area (TPSA) is 88.8 Å². The minimum atomic E-state index is -0.0988. The third-order valence-electron chi connectivity index (χ3n) is 6.76. The standard InChI is InChI=1S/C29H27N7O/c37-28(33-23-12-16-35(17-13-23)29-30-14-7-15-31-29)24-18-26(22-10-5-2-6-11-22)34-27-25(24)19-32-36(27)20-21-8-3-1-4-9-21/h1-11,14-15,18-19,23H,12-13,16-17,20H2,(H,33,37). The second-order valence-corrected chi connectivity index (χ2v) is 9.23. The van der Waals surface area contributed by atoms with Crippen molar-refractivity contribution in [3.8, 4) is 11.3 Å². The van der Waals surface area contributed by atoms with Crippen LogP contribution in [0.15, 0.2) is 91.4 Å². The van der Waals surface area contributed by atoms with Crippen molar-refractivity contribution in [3.63, 3.8) is 0 Å². The highest BCUT2D eigenvalue weighted by atomic mass is 16.1. The van der Waals surface area contributed by atoms with Crippen LogP contribution in [0.3, 0.4) is 0 Å². The summed E-state index contributed by atoms with van der Waals surface area (Å²) in [7, 11) is 0. The summed E-state index contributed by atoms with van der Waals surface area (Å²) in [5.41, 5.74) is 4.13. The second kappa shape index (κ2) is 10.2. The van der Waals surface area contributed by atoms with Crippen molar-refractivity contribution >= 4 is 22.9 Å². The van der Waals surface area contributed by atoms with Gasteiger partial charge in [-0.05, 0) is 30.5 Å². The summed E-state index contributed by atoms with van der Waals surface area (Å²) in [6.45, 7) is 2.17. The number of nitrogens with zero attached hydrogens (tertiary/aromatic N) is 6. The molecule has 3 aromatic heterocycles. The van der Waals surface area contributed by atoms with E-state index in [0.29, 0.717) is 17.8 Å². The van der Waals surface area contributed by atoms with Gasteiger partial charge in [-0.2, -0.15) is 5.10 Å². The molecular formula is C29H27N7O. The molecule has 1 aliphatic heterocycles. The number of hydrogen-bond acceptors (Lipinski definition) is 6. The van der Waals surface area contributed by atoms with Crippen molar-refractivity contribution in [1.82, 2.24) is 30.0 Å². The molecule has 1 fully saturated rings. The lowest BCUT2D eigenvalue weighted by Gasteiger charge is -2.32. The average Bonchev–Trinajstić information content (AvgIpc) is 3.37. The molecule has 0 atom stereocenters. The zero-order valence-corrected chi connectivity index (χ0v) is 20.4. The van der Waals surface area contributed by atoms with Crippen molar-refractivity contribution < 1.29 is 4.79 Å². The van der Waals surface area contributed by atoms with Gasteiger partial charge in [0.25, 0.3) is 5.91 Å². The number of aromatic nitrogens is 5. The maximum Gasteiger partial charge on any atom is 0.252 e. The Kier molecular flexibility index (Phi) is 6.29. The number of amides is 1. The fraction of sp³-hybridized carbons (Fsp3) is 0.207. The zero-order valence-electron chi connectivity index (χ0n) is 20.4. The minimum Gasteiger partial charge on any atom is -0.349 e. The summed E-state index contributed by atoms with van der Waals surface area (Å²) in [6, 6.07) is 23.9. The van der Waals surface area contributed by atoms with Crippen molar-refractivity contribution in [2.75, 3.05) is 18.0 Å². The first kappa shape index (κ1) is 22.8. The first-order valence-corrected chi connectivity index (χ1v) is 12.5. The van der Waals surface area contributed by atoms with E-state index in [1.54, 1.807) is 18.6 Å². The smallest absolute Gasteiger partial charge is 0.252 e. The third-order valence-corrected chi connectivity index (χ3v) is 6.76. The lowest BCUT2D eigenvalue weighted by Crippen LogP contribution is -2.45. The molecule has 0 radical (unpaired) electrons. The Morgan fingerprint density at radius 1 is 0.919 bits per heavy atom. The van der Waals surface area contributed by atoms with E-state index in [-0.39, 0.29) is 11.9 Å². The molecule has 0 spiro atoms. The van der Waals surface area contributed by atoms with E-state index in [2.05, 4.69) is 37.4 Å². The normalized spacial score (nSPS) is 14.1. The van der Waals surface area contributed by atoms with Crippen LogP contribution in [0.2, 0.25) is 0 Å². The molecule has 0 aliphatic carbocycles. The van der Waals surface area contributed by atoms with Crippen LogP contribution in [-0.2, 0) is 6.54 Å². The maximum absolute atomic E-state index is 13.6. The van der Waals surface area contributed by atoms with Crippen LogP contribution in [0.4, 0.5) is 5.95 Å². The Hall–Kier alpha value is -4.59. The summed E-state index contributed by atoms with van der Waals surface area (Å²) in [5, 5.41) is 8.63. The Morgan fingerprint density at radius 2 is 1.62 bits per heavy atom. The first-order chi connectivity index (χ1) is 18.2. The van der Waals surface area contributed by atoms with Gasteiger partial charge in [0.2, 0.25) is 5.95 Å². The molecule has 1 amide bonds. The van der Waals surface area contributed by atoms with Crippen LogP contribution in [0.25, 0.3) is 22.3 Å². The number of hydrogen-bond donors (Lipinski definition) is 1. The van der Waals surface area contributed by atoms with E-state index < -0.39 is 0 Å². The molecule has 4 heterocycles. The maximum atomic E-state index is 13.6. The quantitative estimate of drug-likeness (QED) is 0.382. The van der Waals surface area contributed by atoms with Crippen LogP contribution < -0.4 is 10.2 Å². The highest BCUT2D eigenvalue weighted by Gasteiger charge is 2.24. The van der Waals surface area contributed by atoms with E-state index in [0.717, 1.165) is 54.1 Å². The number of carbonyl (C=O) groups excluding carboxylic acids is 1. The average molecular weight is 490 g/mol. The van der Waals surface area contributed by atoms with Crippen molar-refractivity contribution in [2.24, 2.45) is 0 Å². The number of rotatable bonds is 6. The predicted octanol–water partition coefficient (Wildman–Crippen LogP) is 4.34. The number of nitrogens with one attached hydrogen (secondary N) is 1. The van der Waals surface area contributed by atoms with Gasteiger partial charge in [0.05, 0.1) is 29.4 Å². The van der Waals surface area contributed by atoms with Crippen LogP contribution >= 0.6 is 0 Å². The Bertz CT molecular complexity index is 1500. The van der Waals surface area contributed by atoms with Gasteiger partial charge in [-0.1, -0.05) is 60.7 Å². The highest BCUT2D eigenvalue weighted by molar-refractivity contribution is 6.06. The molecule has 1 N–H and O–H groups in total. The van der Waals surface area contributed by atoms with Gasteiger partial charge in [-0.15, -0.1) is 0 Å². The Balaban J connectivity index is 1.28. The zero-order chi connectivity index (χ0) is 25.0. The highest BCUT2D eigenvalue weighted by Crippen LogP contribution is 2.26. The van der Waals surface area contributed by atoms with Gasteiger partial charge in [-0.25, -0.2) is 19.6 Å². The predicted molar refractivity (Wildman–Crippen MR) is 143 cm³/mol. The van der Waals surface area contributed by atoms with E-state index in [4.69, 9.17) is 4.98 Å². The van der Waals surface area contributed by atoms with Crippen LogP contribution in [0.1, 0.15) is 28.8 Å². The van der Waals surface area contributed by atoms with Crippen molar-refractivity contribution in [2.45, 2.75) is 25.4 Å². The van der Waals surface area contributed by atoms with Crippen molar-refractivity contribution in [1.29, 1.82) is 0 Å². The first-order valence-electron chi connectivity index (χ1n) is 12.5. The second-order valence-electron chi connectivity index (χ2n) is 9.23. The number of anilines is 1. The summed E-state index contributed by atoms with van der Waals surface area (Å²) < 4.78 is 1.87. The molecule has 5 aromatic rings. The van der Waals surface area contributed by atoms with E-state index in [1.807, 2.05) is 65.3 Å². The van der Waals surface area contributed by atoms with E-state index in [1.165, 1.54) is 0 Å². The van der Waals surface area contributed by atoms with Gasteiger partial charge in [0.1, 0.15) is 0 Å². The van der Waals surface area contributed by atoms with E-state index in [9.17, 15) is 4.79 Å². The number of benzene rings is 2. The third kappa shape index (κ3) is 4.91. The number of piperidine rings is 1. The minimum absolute atomic E-state index is 0.0789. The summed E-state index contributed by atoms with van der Waals surface area (Å²) in [5.74, 6) is 0.639. The molecule has 0 bridgehead atoms. The van der Waals surface area contributed by atoms with Gasteiger partial charge in [-0.3, -0.25) is 4.79 Å². The Labute approximate surface area is 215 Å². The largest absolute Gasteiger partial charge is 0.349 e. The van der Waals surface area contributed by atoms with Crippen LogP contribution in [0.5, 0.6) is 0 Å². The Morgan fingerprint density at radius 3 is 2.35 bits per heavy atom. The molecule has 37 heavy (non-hydrogen) atoms. The van der Waals surface area contributed by atoms with E-state index >= 15 is 0 Å². The fourth-order valence-electron chi connectivity index (χ4n) is 4.81. The van der Waals surface area contributed by atoms with Gasteiger partial charge in [0.15, 0.2) is 5.65 Å². The number of fused-ring (bicyclic) bond motifs is 1. The fourth-order valence-corrected chi connectivity index (χ4v) is 4.81. The molecule has 184 valence electrons. The van der Waals surface area contributed by atoms with Gasteiger partial charge < -0.3 is 10.2 Å². The lowest BCUT2D eigenvalue weighted by molar-refractivity contribution is 0.0932. The molecule has 2 aromatic carbocycles. The summed E-state index contributed by atoms with van der Waals surface area (Å²) in [6.07, 6.45) is 6.93. The molecule has 0 saturated carbocycles. The van der Waals surface area contributed by atoms with Gasteiger partial charge in [0, 0.05) is 37.1 Å². The lowest BCUT2D eigenvalue weighted by atomic mass is 10.0. The molecule has 0 unspecified atom stereocenters. The summed E-state index contributed by atoms with van der Waals surface area (Å²) >= 11 is 0. The summed E-state index contributed by atoms with van der Waals surface area (Å²) in [4.78, 5) is 29.4. The molecule has 1 saturated heterocycles. The molecule has 8 heteroatoms. The number of pyridine rings is 1. The van der Waals surface area contributed by atoms with Crippen molar-refractivity contribution in [3.05, 3.63) is 103 Å². The monoisotopic (exact) mass is 489 g/mol. The molecule has 8 nitrogen and oxygen atoms in total. The van der Waals surface area contributed by atoms with Crippen LogP contribution in [0, 0.1) is 0 Å². The van der Waals surface area contributed by atoms with Crippen LogP contribution in [-0.4, -0.2) is 49.8 Å². The molecular weight excluding hydrogens is 462 g/mol. The molecule has 1 aliphatic rings. The van der Waals surface area contributed by atoms with Gasteiger partial charge >= 0.3 is 0 Å².